The van der Waals surface area contributed by atoms with Gasteiger partial charge in [-0.1, -0.05) is 66.7 Å². The normalized spacial score (nSPS) is 11.8. The van der Waals surface area contributed by atoms with Gasteiger partial charge >= 0.3 is 0 Å². The van der Waals surface area contributed by atoms with Crippen LogP contribution in [0.1, 0.15) is 11.1 Å². The molecule has 25 heavy (non-hydrogen) atoms. The number of fused-ring (bicyclic) bond motifs is 3. The summed E-state index contributed by atoms with van der Waals surface area (Å²) >= 11 is 0. The van der Waals surface area contributed by atoms with Gasteiger partial charge in [-0.25, -0.2) is 0 Å². The van der Waals surface area contributed by atoms with Crippen LogP contribution in [0.3, 0.4) is 0 Å². The van der Waals surface area contributed by atoms with Crippen LogP contribution in [-0.4, -0.2) is 4.98 Å². The summed E-state index contributed by atoms with van der Waals surface area (Å²) < 4.78 is 0. The topological polar surface area (TPSA) is 12.9 Å². The van der Waals surface area contributed by atoms with Crippen molar-refractivity contribution in [1.82, 2.24) is 4.98 Å². The standard InChI is InChI=1S/C24H17N/c1-2-10-20-18(7-1)16-23-21(11-6-12-22(20)23)17-8-5-9-19(15-17)24-13-3-4-14-25-24/h1-15H,16H2. The molecule has 1 nitrogen and oxygen atoms in total. The second kappa shape index (κ2) is 5.71. The van der Waals surface area contributed by atoms with E-state index in [1.807, 2.05) is 18.3 Å². The average molecular weight is 319 g/mol. The van der Waals surface area contributed by atoms with Gasteiger partial charge in [0.25, 0.3) is 0 Å². The van der Waals surface area contributed by atoms with Crippen molar-refractivity contribution in [1.29, 1.82) is 0 Å². The van der Waals surface area contributed by atoms with Gasteiger partial charge in [-0.05, 0) is 58.0 Å². The highest BCUT2D eigenvalue weighted by Gasteiger charge is 2.20. The summed E-state index contributed by atoms with van der Waals surface area (Å²) in [7, 11) is 0. The Hall–Kier alpha value is -3.19. The number of rotatable bonds is 2. The lowest BCUT2D eigenvalue weighted by molar-refractivity contribution is 1.26. The third kappa shape index (κ3) is 2.36. The van der Waals surface area contributed by atoms with Crippen LogP contribution in [0.5, 0.6) is 0 Å². The van der Waals surface area contributed by atoms with E-state index in [-0.39, 0.29) is 0 Å². The largest absolute Gasteiger partial charge is 0.256 e. The minimum Gasteiger partial charge on any atom is -0.256 e. The predicted octanol–water partition coefficient (Wildman–Crippen LogP) is 5.99. The van der Waals surface area contributed by atoms with E-state index in [2.05, 4.69) is 77.8 Å². The molecular weight excluding hydrogens is 302 g/mol. The molecule has 0 bridgehead atoms. The van der Waals surface area contributed by atoms with Gasteiger partial charge in [0, 0.05) is 11.8 Å². The van der Waals surface area contributed by atoms with Crippen molar-refractivity contribution in [3.63, 3.8) is 0 Å². The maximum Gasteiger partial charge on any atom is 0.0702 e. The fraction of sp³-hybridized carbons (Fsp3) is 0.0417. The second-order valence-electron chi connectivity index (χ2n) is 6.46. The highest BCUT2D eigenvalue weighted by Crippen LogP contribution is 2.41. The Morgan fingerprint density at radius 2 is 1.36 bits per heavy atom. The summed E-state index contributed by atoms with van der Waals surface area (Å²) in [6.07, 6.45) is 2.86. The predicted molar refractivity (Wildman–Crippen MR) is 103 cm³/mol. The van der Waals surface area contributed by atoms with E-state index in [4.69, 9.17) is 0 Å². The number of nitrogens with zero attached hydrogens (tertiary/aromatic N) is 1. The first-order valence-corrected chi connectivity index (χ1v) is 8.62. The average Bonchev–Trinajstić information content (AvgIpc) is 3.07. The summed E-state index contributed by atoms with van der Waals surface area (Å²) in [6.45, 7) is 0. The Balaban J connectivity index is 1.65. The molecule has 3 aromatic carbocycles. The summed E-state index contributed by atoms with van der Waals surface area (Å²) in [4.78, 5) is 4.49. The third-order valence-electron chi connectivity index (χ3n) is 4.99. The monoisotopic (exact) mass is 319 g/mol. The molecule has 5 rings (SSSR count). The maximum atomic E-state index is 4.49. The quantitative estimate of drug-likeness (QED) is 0.389. The molecule has 118 valence electrons. The van der Waals surface area contributed by atoms with Gasteiger partial charge in [-0.15, -0.1) is 0 Å². The van der Waals surface area contributed by atoms with Crippen LogP contribution in [0.4, 0.5) is 0 Å². The first-order valence-electron chi connectivity index (χ1n) is 8.62. The van der Waals surface area contributed by atoms with Crippen LogP contribution in [0.25, 0.3) is 33.5 Å². The van der Waals surface area contributed by atoms with Gasteiger partial charge in [-0.3, -0.25) is 4.98 Å². The summed E-state index contributed by atoms with van der Waals surface area (Å²) in [6, 6.07) is 30.1. The van der Waals surface area contributed by atoms with Gasteiger partial charge < -0.3 is 0 Å². The molecule has 1 heterocycles. The van der Waals surface area contributed by atoms with E-state index in [0.717, 1.165) is 17.7 Å². The van der Waals surface area contributed by atoms with E-state index in [0.29, 0.717) is 0 Å². The molecule has 4 aromatic rings. The second-order valence-corrected chi connectivity index (χ2v) is 6.46. The Morgan fingerprint density at radius 1 is 0.600 bits per heavy atom. The molecule has 0 unspecified atom stereocenters. The summed E-state index contributed by atoms with van der Waals surface area (Å²) in [5, 5.41) is 0. The van der Waals surface area contributed by atoms with E-state index >= 15 is 0 Å². The molecule has 0 saturated heterocycles. The molecule has 0 amide bonds. The highest BCUT2D eigenvalue weighted by molar-refractivity contribution is 5.85. The van der Waals surface area contributed by atoms with Crippen molar-refractivity contribution >= 4 is 0 Å². The Morgan fingerprint density at radius 3 is 2.28 bits per heavy atom. The van der Waals surface area contributed by atoms with Crippen molar-refractivity contribution in [2.24, 2.45) is 0 Å². The van der Waals surface area contributed by atoms with E-state index in [9.17, 15) is 0 Å². The zero-order valence-electron chi connectivity index (χ0n) is 13.8. The number of aromatic nitrogens is 1. The van der Waals surface area contributed by atoms with Crippen LogP contribution in [-0.2, 0) is 6.42 Å². The summed E-state index contributed by atoms with van der Waals surface area (Å²) in [5.41, 5.74) is 10.4. The zero-order valence-corrected chi connectivity index (χ0v) is 13.8. The lowest BCUT2D eigenvalue weighted by Gasteiger charge is -2.10. The molecule has 0 N–H and O–H groups in total. The molecule has 1 heteroatoms. The Labute approximate surface area is 147 Å². The number of pyridine rings is 1. The van der Waals surface area contributed by atoms with Crippen LogP contribution in [0.2, 0.25) is 0 Å². The Bertz CT molecular complexity index is 1060. The highest BCUT2D eigenvalue weighted by atomic mass is 14.7. The van der Waals surface area contributed by atoms with Crippen LogP contribution >= 0.6 is 0 Å². The molecule has 1 aliphatic carbocycles. The molecule has 0 fully saturated rings. The van der Waals surface area contributed by atoms with Gasteiger partial charge in [0.1, 0.15) is 0 Å². The molecule has 1 aliphatic rings. The minimum atomic E-state index is 1.01. The van der Waals surface area contributed by atoms with Gasteiger partial charge in [-0.2, -0.15) is 0 Å². The number of hydrogen-bond acceptors (Lipinski definition) is 1. The SMILES string of the molecule is c1ccc(-c2cccc(-c3cccc4c3Cc3ccccc3-4)c2)nc1. The van der Waals surface area contributed by atoms with Crippen molar-refractivity contribution in [2.75, 3.05) is 0 Å². The minimum absolute atomic E-state index is 1.01. The third-order valence-corrected chi connectivity index (χ3v) is 4.99. The lowest BCUT2D eigenvalue weighted by atomic mass is 9.94. The van der Waals surface area contributed by atoms with Crippen LogP contribution in [0, 0.1) is 0 Å². The van der Waals surface area contributed by atoms with Gasteiger partial charge in [0.15, 0.2) is 0 Å². The smallest absolute Gasteiger partial charge is 0.0702 e. The van der Waals surface area contributed by atoms with Gasteiger partial charge in [0.2, 0.25) is 0 Å². The molecule has 1 aromatic heterocycles. The molecule has 0 saturated carbocycles. The number of hydrogen-bond donors (Lipinski definition) is 0. The fourth-order valence-electron chi connectivity index (χ4n) is 3.81. The first-order chi connectivity index (χ1) is 12.4. The van der Waals surface area contributed by atoms with Crippen molar-refractivity contribution in [3.05, 3.63) is 102 Å². The van der Waals surface area contributed by atoms with Crippen LogP contribution < -0.4 is 0 Å². The van der Waals surface area contributed by atoms with Crippen molar-refractivity contribution < 1.29 is 0 Å². The van der Waals surface area contributed by atoms with Crippen molar-refractivity contribution in [2.45, 2.75) is 6.42 Å². The molecule has 0 aliphatic heterocycles. The van der Waals surface area contributed by atoms with E-state index in [1.54, 1.807) is 0 Å². The number of benzene rings is 3. The zero-order chi connectivity index (χ0) is 16.6. The lowest BCUT2D eigenvalue weighted by Crippen LogP contribution is -1.89. The Kier molecular flexibility index (Phi) is 3.24. The molecule has 0 spiro atoms. The van der Waals surface area contributed by atoms with Gasteiger partial charge in [0.05, 0.1) is 5.69 Å². The molecule has 0 radical (unpaired) electrons. The van der Waals surface area contributed by atoms with E-state index in [1.165, 1.54) is 33.4 Å². The summed E-state index contributed by atoms with van der Waals surface area (Å²) in [5.74, 6) is 0. The fourth-order valence-corrected chi connectivity index (χ4v) is 3.81. The maximum absolute atomic E-state index is 4.49. The van der Waals surface area contributed by atoms with Crippen LogP contribution in [0.15, 0.2) is 91.1 Å². The molecular formula is C24H17N. The first kappa shape index (κ1) is 14.2. The van der Waals surface area contributed by atoms with E-state index < -0.39 is 0 Å². The van der Waals surface area contributed by atoms with Crippen molar-refractivity contribution in [3.8, 4) is 33.5 Å². The molecule has 0 atom stereocenters.